The van der Waals surface area contributed by atoms with E-state index in [-0.39, 0.29) is 5.69 Å². The number of hydrogen-bond donors (Lipinski definition) is 2. The van der Waals surface area contributed by atoms with E-state index in [1.54, 1.807) is 49.8 Å². The molecule has 1 aromatic heterocycles. The summed E-state index contributed by atoms with van der Waals surface area (Å²) in [5.41, 5.74) is 1.26. The molecule has 1 atom stereocenters. The van der Waals surface area contributed by atoms with Crippen LogP contribution in [0.25, 0.3) is 5.69 Å². The Morgan fingerprint density at radius 1 is 1.00 bits per heavy atom. The molecule has 2 aromatic carbocycles. The Hall–Kier alpha value is -4.14. The van der Waals surface area contributed by atoms with Gasteiger partial charge in [0.25, 0.3) is 11.5 Å². The average molecular weight is 447 g/mol. The number of rotatable bonds is 5. The Morgan fingerprint density at radius 2 is 1.64 bits per heavy atom. The molecule has 4 rings (SSSR count). The van der Waals surface area contributed by atoms with Crippen molar-refractivity contribution in [2.75, 3.05) is 11.9 Å². The van der Waals surface area contributed by atoms with Gasteiger partial charge in [0.2, 0.25) is 5.91 Å². The molecule has 2 N–H and O–H groups in total. The van der Waals surface area contributed by atoms with Gasteiger partial charge in [0.15, 0.2) is 0 Å². The number of benzene rings is 2. The van der Waals surface area contributed by atoms with Crippen LogP contribution in [-0.2, 0) is 22.2 Å². The van der Waals surface area contributed by atoms with Crippen LogP contribution in [0, 0.1) is 13.8 Å². The molecule has 0 bridgehead atoms. The molecule has 170 valence electrons. The first-order chi connectivity index (χ1) is 15.6. The van der Waals surface area contributed by atoms with E-state index in [0.29, 0.717) is 16.9 Å². The topological polar surface area (TPSA) is 105 Å². The normalized spacial score (nSPS) is 17.9. The molecule has 1 fully saturated rings. The van der Waals surface area contributed by atoms with Gasteiger partial charge in [-0.25, -0.2) is 9.48 Å². The summed E-state index contributed by atoms with van der Waals surface area (Å²) < 4.78 is 3.07. The largest absolute Gasteiger partial charge is 0.325 e. The lowest BCUT2D eigenvalue weighted by molar-refractivity contribution is -0.133. The number of hydrogen-bond acceptors (Lipinski definition) is 4. The Bertz CT molecular complexity index is 1310. The smallest absolute Gasteiger partial charge is 0.319 e. The van der Waals surface area contributed by atoms with Crippen molar-refractivity contribution in [2.45, 2.75) is 26.3 Å². The van der Waals surface area contributed by atoms with Crippen molar-refractivity contribution in [1.29, 1.82) is 0 Å². The number of nitrogens with one attached hydrogen (secondary N) is 2. The van der Waals surface area contributed by atoms with Crippen LogP contribution in [-0.4, -0.2) is 38.7 Å². The summed E-state index contributed by atoms with van der Waals surface area (Å²) in [6, 6.07) is 15.6. The summed E-state index contributed by atoms with van der Waals surface area (Å²) in [6.07, 6.45) is 0. The highest BCUT2D eigenvalue weighted by Gasteiger charge is 2.49. The highest BCUT2D eigenvalue weighted by Crippen LogP contribution is 2.29. The van der Waals surface area contributed by atoms with Gasteiger partial charge in [-0.15, -0.1) is 0 Å². The van der Waals surface area contributed by atoms with Crippen LogP contribution < -0.4 is 16.2 Å². The molecular formula is C24H25N5O4. The van der Waals surface area contributed by atoms with E-state index in [4.69, 9.17) is 0 Å². The maximum absolute atomic E-state index is 13.1. The van der Waals surface area contributed by atoms with Crippen molar-refractivity contribution >= 4 is 23.5 Å². The first kappa shape index (κ1) is 22.1. The van der Waals surface area contributed by atoms with Crippen LogP contribution >= 0.6 is 0 Å². The van der Waals surface area contributed by atoms with Gasteiger partial charge in [-0.1, -0.05) is 48.0 Å². The zero-order valence-electron chi connectivity index (χ0n) is 18.9. The number of urea groups is 1. The predicted molar refractivity (Wildman–Crippen MR) is 123 cm³/mol. The molecule has 0 unspecified atom stereocenters. The summed E-state index contributed by atoms with van der Waals surface area (Å²) in [4.78, 5) is 52.3. The summed E-state index contributed by atoms with van der Waals surface area (Å²) >= 11 is 0. The monoisotopic (exact) mass is 447 g/mol. The highest BCUT2D eigenvalue weighted by molar-refractivity contribution is 6.10. The maximum atomic E-state index is 13.1. The van der Waals surface area contributed by atoms with Crippen molar-refractivity contribution in [3.8, 4) is 5.69 Å². The molecule has 9 heteroatoms. The quantitative estimate of drug-likeness (QED) is 0.585. The molecule has 0 spiro atoms. The minimum Gasteiger partial charge on any atom is -0.319 e. The number of para-hydroxylation sites is 1. The fraction of sp³-hybridized carbons (Fsp3) is 0.250. The highest BCUT2D eigenvalue weighted by atomic mass is 16.2. The molecule has 0 radical (unpaired) electrons. The van der Waals surface area contributed by atoms with E-state index < -0.39 is 35.5 Å². The van der Waals surface area contributed by atoms with Gasteiger partial charge < -0.3 is 10.6 Å². The number of imide groups is 1. The Morgan fingerprint density at radius 3 is 2.27 bits per heavy atom. The van der Waals surface area contributed by atoms with Crippen LogP contribution in [0.1, 0.15) is 23.7 Å². The second-order valence-electron chi connectivity index (χ2n) is 8.30. The predicted octanol–water partition coefficient (Wildman–Crippen LogP) is 2.20. The molecule has 0 saturated carbocycles. The average Bonchev–Trinajstić information content (AvgIpc) is 3.14. The molecule has 3 aromatic rings. The second-order valence-corrected chi connectivity index (χ2v) is 8.30. The zero-order valence-corrected chi connectivity index (χ0v) is 18.9. The molecule has 1 aliphatic rings. The zero-order chi connectivity index (χ0) is 23.9. The van der Waals surface area contributed by atoms with E-state index in [2.05, 4.69) is 10.6 Å². The number of aryl methyl sites for hydroxylation is 1. The van der Waals surface area contributed by atoms with Crippen LogP contribution in [0.3, 0.4) is 0 Å². The minimum absolute atomic E-state index is 0.0969. The number of anilines is 1. The van der Waals surface area contributed by atoms with Crippen molar-refractivity contribution in [3.05, 3.63) is 81.8 Å². The number of carbonyl (C=O) groups excluding carboxylic acids is 3. The molecule has 0 aliphatic carbocycles. The minimum atomic E-state index is -1.27. The summed E-state index contributed by atoms with van der Waals surface area (Å²) in [5, 5.41) is 5.27. The van der Waals surface area contributed by atoms with Gasteiger partial charge in [0.1, 0.15) is 17.8 Å². The van der Waals surface area contributed by atoms with Crippen LogP contribution in [0.15, 0.2) is 59.4 Å². The van der Waals surface area contributed by atoms with E-state index in [0.717, 1.165) is 10.5 Å². The molecule has 9 nitrogen and oxygen atoms in total. The Balaban J connectivity index is 1.55. The standard InChI is InChI=1S/C24H25N5O4/c1-15-10-12-17(13-11-15)24(3)22(32)28(23(33)26-24)14-19(30)25-20-16(2)27(4)29(21(20)31)18-8-6-5-7-9-18/h5-13H,14H2,1-4H3,(H,25,30)(H,26,33)/t24-/m1/s1. The van der Waals surface area contributed by atoms with Crippen molar-refractivity contribution < 1.29 is 14.4 Å². The van der Waals surface area contributed by atoms with E-state index in [1.807, 2.05) is 37.3 Å². The van der Waals surface area contributed by atoms with Crippen molar-refractivity contribution in [3.63, 3.8) is 0 Å². The van der Waals surface area contributed by atoms with Crippen molar-refractivity contribution in [2.24, 2.45) is 7.05 Å². The number of aromatic nitrogens is 2. The number of amides is 4. The summed E-state index contributed by atoms with van der Waals surface area (Å²) in [6.45, 7) is 4.73. The van der Waals surface area contributed by atoms with Gasteiger partial charge in [-0.05, 0) is 38.5 Å². The van der Waals surface area contributed by atoms with Crippen LogP contribution in [0.2, 0.25) is 0 Å². The molecular weight excluding hydrogens is 422 g/mol. The summed E-state index contributed by atoms with van der Waals surface area (Å²) in [7, 11) is 1.71. The SMILES string of the molecule is Cc1ccc([C@@]2(C)NC(=O)N(CC(=O)Nc3c(C)n(C)n(-c4ccccc4)c3=O)C2=O)cc1. The lowest BCUT2D eigenvalue weighted by Crippen LogP contribution is -2.42. The third-order valence-corrected chi connectivity index (χ3v) is 6.02. The molecule has 4 amide bonds. The fourth-order valence-corrected chi connectivity index (χ4v) is 3.96. The molecule has 2 heterocycles. The lowest BCUT2D eigenvalue weighted by atomic mass is 9.91. The molecule has 1 saturated heterocycles. The maximum Gasteiger partial charge on any atom is 0.325 e. The molecule has 1 aliphatic heterocycles. The Labute approximate surface area is 190 Å². The van der Waals surface area contributed by atoms with Crippen LogP contribution in [0.5, 0.6) is 0 Å². The van der Waals surface area contributed by atoms with E-state index >= 15 is 0 Å². The number of nitrogens with zero attached hydrogens (tertiary/aromatic N) is 3. The summed E-state index contributed by atoms with van der Waals surface area (Å²) in [5.74, 6) is -1.17. The lowest BCUT2D eigenvalue weighted by Gasteiger charge is -2.22. The van der Waals surface area contributed by atoms with Gasteiger partial charge in [0, 0.05) is 7.05 Å². The first-order valence-electron chi connectivity index (χ1n) is 10.5. The van der Waals surface area contributed by atoms with Gasteiger partial charge >= 0.3 is 6.03 Å². The van der Waals surface area contributed by atoms with Crippen LogP contribution in [0.4, 0.5) is 10.5 Å². The fourth-order valence-electron chi connectivity index (χ4n) is 3.96. The third kappa shape index (κ3) is 3.71. The number of carbonyl (C=O) groups is 3. The first-order valence-corrected chi connectivity index (χ1v) is 10.5. The van der Waals surface area contributed by atoms with Gasteiger partial charge in [0.05, 0.1) is 11.4 Å². The Kier molecular flexibility index (Phi) is 5.41. The molecule has 33 heavy (non-hydrogen) atoms. The van der Waals surface area contributed by atoms with Gasteiger partial charge in [-0.2, -0.15) is 0 Å². The van der Waals surface area contributed by atoms with Crippen molar-refractivity contribution in [1.82, 2.24) is 19.6 Å². The second kappa shape index (κ2) is 8.09. The third-order valence-electron chi connectivity index (χ3n) is 6.02. The van der Waals surface area contributed by atoms with E-state index in [1.165, 1.54) is 4.68 Å². The van der Waals surface area contributed by atoms with Gasteiger partial charge in [-0.3, -0.25) is 24.0 Å². The van der Waals surface area contributed by atoms with E-state index in [9.17, 15) is 19.2 Å².